The van der Waals surface area contributed by atoms with Gasteiger partial charge in [0, 0.05) is 18.7 Å². The molecule has 27 heavy (non-hydrogen) atoms. The molecule has 0 bridgehead atoms. The summed E-state index contributed by atoms with van der Waals surface area (Å²) in [5.74, 6) is -0.224. The van der Waals surface area contributed by atoms with Gasteiger partial charge in [0.15, 0.2) is 0 Å². The van der Waals surface area contributed by atoms with E-state index in [1.165, 1.54) is 28.8 Å². The summed E-state index contributed by atoms with van der Waals surface area (Å²) >= 11 is 6.44. The Morgan fingerprint density at radius 2 is 1.67 bits per heavy atom. The number of aromatic hydroxyl groups is 2. The Balaban J connectivity index is 1.59. The van der Waals surface area contributed by atoms with Crippen LogP contribution in [0, 0.1) is 0 Å². The lowest BCUT2D eigenvalue weighted by Gasteiger charge is -2.14. The Hall–Kier alpha value is -2.84. The van der Waals surface area contributed by atoms with E-state index in [-0.39, 0.29) is 36.3 Å². The van der Waals surface area contributed by atoms with E-state index < -0.39 is 0 Å². The molecule has 1 saturated heterocycles. The van der Waals surface area contributed by atoms with E-state index in [0.717, 1.165) is 5.56 Å². The minimum absolute atomic E-state index is 0.0970. The van der Waals surface area contributed by atoms with Crippen LogP contribution in [0.3, 0.4) is 0 Å². The summed E-state index contributed by atoms with van der Waals surface area (Å²) in [4.78, 5) is 26.5. The van der Waals surface area contributed by atoms with Crippen LogP contribution in [0.4, 0.5) is 5.69 Å². The van der Waals surface area contributed by atoms with Gasteiger partial charge in [-0.3, -0.25) is 14.5 Å². The number of carbonyl (C=O) groups is 2. The van der Waals surface area contributed by atoms with E-state index in [1.807, 2.05) is 0 Å². The van der Waals surface area contributed by atoms with Crippen LogP contribution in [0.5, 0.6) is 11.5 Å². The summed E-state index contributed by atoms with van der Waals surface area (Å²) in [6.45, 7) is 0.182. The molecule has 6 nitrogen and oxygen atoms in total. The Bertz CT molecular complexity index is 908. The number of thioether (sulfide) groups is 1. The van der Waals surface area contributed by atoms with Gasteiger partial charge < -0.3 is 15.5 Å². The van der Waals surface area contributed by atoms with Gasteiger partial charge in [0.2, 0.25) is 5.91 Å². The highest BCUT2D eigenvalue weighted by Gasteiger charge is 2.32. The number of benzene rings is 2. The topological polar surface area (TPSA) is 89.9 Å². The summed E-state index contributed by atoms with van der Waals surface area (Å²) < 4.78 is 0.405. The average Bonchev–Trinajstić information content (AvgIpc) is 2.90. The molecule has 2 amide bonds. The first kappa shape index (κ1) is 18.9. The van der Waals surface area contributed by atoms with Gasteiger partial charge in [-0.1, -0.05) is 36.1 Å². The molecule has 3 rings (SSSR count). The van der Waals surface area contributed by atoms with Crippen LogP contribution < -0.4 is 5.32 Å². The minimum Gasteiger partial charge on any atom is -0.508 e. The van der Waals surface area contributed by atoms with Gasteiger partial charge >= 0.3 is 0 Å². The van der Waals surface area contributed by atoms with Crippen molar-refractivity contribution in [1.82, 2.24) is 4.90 Å². The number of carbonyl (C=O) groups excluding carboxylic acids is 2. The summed E-state index contributed by atoms with van der Waals surface area (Å²) in [6, 6.07) is 12.6. The Kier molecular flexibility index (Phi) is 5.78. The predicted molar refractivity (Wildman–Crippen MR) is 109 cm³/mol. The molecule has 0 saturated carbocycles. The van der Waals surface area contributed by atoms with Crippen molar-refractivity contribution in [3.63, 3.8) is 0 Å². The highest BCUT2D eigenvalue weighted by Crippen LogP contribution is 2.32. The second-order valence-corrected chi connectivity index (χ2v) is 7.45. The Morgan fingerprint density at radius 1 is 1.07 bits per heavy atom. The van der Waals surface area contributed by atoms with Gasteiger partial charge in [-0.25, -0.2) is 0 Å². The van der Waals surface area contributed by atoms with Gasteiger partial charge in [-0.15, -0.1) is 0 Å². The van der Waals surface area contributed by atoms with Crippen LogP contribution in [0.1, 0.15) is 12.0 Å². The molecule has 0 spiro atoms. The summed E-state index contributed by atoms with van der Waals surface area (Å²) in [5.41, 5.74) is 1.34. The van der Waals surface area contributed by atoms with Crippen LogP contribution in [0.25, 0.3) is 6.08 Å². The monoisotopic (exact) mass is 400 g/mol. The maximum atomic E-state index is 12.5. The lowest BCUT2D eigenvalue weighted by atomic mass is 10.2. The summed E-state index contributed by atoms with van der Waals surface area (Å²) in [7, 11) is 0. The van der Waals surface area contributed by atoms with Crippen molar-refractivity contribution in [2.24, 2.45) is 0 Å². The second-order valence-electron chi connectivity index (χ2n) is 5.77. The molecule has 1 heterocycles. The number of nitrogens with one attached hydrogen (secondary N) is 1. The number of phenolic OH excluding ortho intramolecular Hbond substituents is 2. The zero-order valence-electron chi connectivity index (χ0n) is 14.1. The largest absolute Gasteiger partial charge is 0.508 e. The lowest BCUT2D eigenvalue weighted by molar-refractivity contribution is -0.122. The van der Waals surface area contributed by atoms with Crippen molar-refractivity contribution in [2.45, 2.75) is 6.42 Å². The SMILES string of the molecule is O=C(CCN1C(=O)/C(=C/c2ccc(O)cc2)SC1=S)Nc1ccc(O)cc1. The third kappa shape index (κ3) is 4.87. The van der Waals surface area contributed by atoms with Gasteiger partial charge in [0.05, 0.1) is 4.91 Å². The Morgan fingerprint density at radius 3 is 2.30 bits per heavy atom. The molecule has 8 heteroatoms. The van der Waals surface area contributed by atoms with Crippen molar-refractivity contribution in [2.75, 3.05) is 11.9 Å². The van der Waals surface area contributed by atoms with Gasteiger partial charge in [0.25, 0.3) is 5.91 Å². The number of amides is 2. The molecular formula is C19H16N2O4S2. The first-order valence-corrected chi connectivity index (χ1v) is 9.28. The number of nitrogens with zero attached hydrogens (tertiary/aromatic N) is 1. The molecule has 2 aromatic carbocycles. The number of thiocarbonyl (C=S) groups is 1. The van der Waals surface area contributed by atoms with E-state index in [2.05, 4.69) is 5.32 Å². The smallest absolute Gasteiger partial charge is 0.266 e. The molecule has 3 N–H and O–H groups in total. The molecule has 2 aromatic rings. The maximum absolute atomic E-state index is 12.5. The molecule has 0 aromatic heterocycles. The molecule has 0 radical (unpaired) electrons. The van der Waals surface area contributed by atoms with Crippen LogP contribution in [-0.4, -0.2) is 37.8 Å². The van der Waals surface area contributed by atoms with E-state index in [9.17, 15) is 19.8 Å². The van der Waals surface area contributed by atoms with E-state index in [0.29, 0.717) is 14.9 Å². The fourth-order valence-electron chi connectivity index (χ4n) is 2.40. The third-order valence-electron chi connectivity index (χ3n) is 3.78. The van der Waals surface area contributed by atoms with Crippen LogP contribution >= 0.6 is 24.0 Å². The number of hydrogen-bond donors (Lipinski definition) is 3. The van der Waals surface area contributed by atoms with Crippen LogP contribution in [-0.2, 0) is 9.59 Å². The average molecular weight is 400 g/mol. The Labute approximate surface area is 165 Å². The number of anilines is 1. The quantitative estimate of drug-likeness (QED) is 0.405. The normalized spacial score (nSPS) is 15.4. The zero-order chi connectivity index (χ0) is 19.4. The molecule has 138 valence electrons. The number of hydrogen-bond acceptors (Lipinski definition) is 6. The minimum atomic E-state index is -0.253. The summed E-state index contributed by atoms with van der Waals surface area (Å²) in [6.07, 6.45) is 1.80. The number of phenols is 2. The fraction of sp³-hybridized carbons (Fsp3) is 0.105. The molecule has 1 fully saturated rings. The van der Waals surface area contributed by atoms with Crippen LogP contribution in [0.2, 0.25) is 0 Å². The van der Waals surface area contributed by atoms with Crippen molar-refractivity contribution >= 4 is 51.9 Å². The van der Waals surface area contributed by atoms with E-state index in [1.54, 1.807) is 42.5 Å². The molecule has 0 unspecified atom stereocenters. The molecular weight excluding hydrogens is 384 g/mol. The van der Waals surface area contributed by atoms with Crippen molar-refractivity contribution in [3.8, 4) is 11.5 Å². The van der Waals surface area contributed by atoms with Crippen molar-refractivity contribution in [1.29, 1.82) is 0 Å². The van der Waals surface area contributed by atoms with E-state index >= 15 is 0 Å². The third-order valence-corrected chi connectivity index (χ3v) is 5.16. The van der Waals surface area contributed by atoms with Gasteiger partial charge in [0.1, 0.15) is 15.8 Å². The predicted octanol–water partition coefficient (Wildman–Crippen LogP) is 3.33. The first-order chi connectivity index (χ1) is 12.9. The van der Waals surface area contributed by atoms with Gasteiger partial charge in [-0.2, -0.15) is 0 Å². The second kappa shape index (κ2) is 8.24. The van der Waals surface area contributed by atoms with Crippen LogP contribution in [0.15, 0.2) is 53.4 Å². The highest BCUT2D eigenvalue weighted by molar-refractivity contribution is 8.26. The lowest BCUT2D eigenvalue weighted by Crippen LogP contribution is -2.31. The zero-order valence-corrected chi connectivity index (χ0v) is 15.7. The standard InChI is InChI=1S/C19H16N2O4S2/c22-14-5-1-12(2-6-14)11-16-18(25)21(19(26)27-16)10-9-17(24)20-13-3-7-15(23)8-4-13/h1-8,11,22-23H,9-10H2,(H,20,24)/b16-11-. The molecule has 0 atom stereocenters. The molecule has 0 aliphatic carbocycles. The molecule has 1 aliphatic rings. The van der Waals surface area contributed by atoms with Crippen molar-refractivity contribution < 1.29 is 19.8 Å². The van der Waals surface area contributed by atoms with Gasteiger partial charge in [-0.05, 0) is 48.0 Å². The fourth-order valence-corrected chi connectivity index (χ4v) is 3.70. The van der Waals surface area contributed by atoms with E-state index in [4.69, 9.17) is 12.2 Å². The maximum Gasteiger partial charge on any atom is 0.266 e. The summed E-state index contributed by atoms with van der Waals surface area (Å²) in [5, 5.41) is 21.3. The highest BCUT2D eigenvalue weighted by atomic mass is 32.2. The first-order valence-electron chi connectivity index (χ1n) is 8.05. The van der Waals surface area contributed by atoms with Crippen molar-refractivity contribution in [3.05, 3.63) is 59.0 Å². The number of rotatable bonds is 5. The molecule has 1 aliphatic heterocycles.